The van der Waals surface area contributed by atoms with Gasteiger partial charge < -0.3 is 36.1 Å². The van der Waals surface area contributed by atoms with Crippen LogP contribution in [0.5, 0.6) is 5.75 Å². The molecule has 0 bridgehead atoms. The van der Waals surface area contributed by atoms with Crippen LogP contribution in [0, 0.1) is 10.8 Å². The molecule has 238 valence electrons. The lowest BCUT2D eigenvalue weighted by atomic mass is 9.85. The summed E-state index contributed by atoms with van der Waals surface area (Å²) in [5.41, 5.74) is 4.26. The molecule has 0 spiro atoms. The van der Waals surface area contributed by atoms with Crippen LogP contribution in [0.2, 0.25) is 0 Å². The molecule has 0 aromatic heterocycles. The number of hydrogen-bond acceptors (Lipinski definition) is 8. The summed E-state index contributed by atoms with van der Waals surface area (Å²) in [6.45, 7) is 12.2. The Morgan fingerprint density at radius 2 is 1.49 bits per heavy atom. The van der Waals surface area contributed by atoms with Gasteiger partial charge in [0, 0.05) is 6.54 Å². The highest BCUT2D eigenvalue weighted by Gasteiger charge is 2.43. The van der Waals surface area contributed by atoms with Crippen molar-refractivity contribution in [2.24, 2.45) is 16.6 Å². The Morgan fingerprint density at radius 1 is 0.930 bits per heavy atom. The highest BCUT2D eigenvalue weighted by Crippen LogP contribution is 2.27. The minimum Gasteiger partial charge on any atom is -0.497 e. The lowest BCUT2D eigenvalue weighted by Gasteiger charge is -2.36. The smallest absolute Gasteiger partial charge is 0.329 e. The van der Waals surface area contributed by atoms with Gasteiger partial charge in [0.1, 0.15) is 30.5 Å². The van der Waals surface area contributed by atoms with Crippen molar-refractivity contribution in [3.05, 3.63) is 29.8 Å². The molecule has 2 unspecified atom stereocenters. The molecule has 4 atom stereocenters. The summed E-state index contributed by atoms with van der Waals surface area (Å²) in [5.74, 6) is -3.20. The van der Waals surface area contributed by atoms with Gasteiger partial charge in [0.15, 0.2) is 0 Å². The maximum atomic E-state index is 13.8. The van der Waals surface area contributed by atoms with E-state index >= 15 is 0 Å². The third kappa shape index (κ3) is 9.69. The van der Waals surface area contributed by atoms with Gasteiger partial charge in [0.2, 0.25) is 17.6 Å². The number of amides is 5. The van der Waals surface area contributed by atoms with Crippen LogP contribution in [0.1, 0.15) is 66.9 Å². The number of nitrogens with two attached hydrogens (primary N) is 1. The SMILES string of the molecule is COc1ccc(COC(=O)[C@@H](NC(=O)NC(C(=O)N2CCC[C@H]2C(=O)NC(C)C(=O)C(N)=O)C(C)(C)C)C(C)(C)C)cc1. The van der Waals surface area contributed by atoms with Crippen LogP contribution < -0.4 is 26.4 Å². The number of nitrogens with one attached hydrogen (secondary N) is 3. The van der Waals surface area contributed by atoms with Crippen LogP contribution in [-0.2, 0) is 35.3 Å². The molecular formula is C30H45N5O8. The Kier molecular flexibility index (Phi) is 11.7. The number of primary amides is 1. The Labute approximate surface area is 252 Å². The number of rotatable bonds is 11. The molecule has 43 heavy (non-hydrogen) atoms. The normalized spacial score (nSPS) is 17.2. The zero-order valence-electron chi connectivity index (χ0n) is 26.2. The van der Waals surface area contributed by atoms with Crippen LogP contribution in [0.4, 0.5) is 4.79 Å². The molecule has 1 aliphatic rings. The number of esters is 1. The number of methoxy groups -OCH3 is 1. The number of nitrogens with zero attached hydrogens (tertiary/aromatic N) is 1. The number of benzene rings is 1. The standard InChI is InChI=1S/C30H45N5O8/c1-17(21(36)24(31)37)32-25(38)20-10-9-15-35(20)26(39)22(29(2,3)4)33-28(41)34-23(30(5,6)7)27(40)43-16-18-11-13-19(42-8)14-12-18/h11-14,17,20,22-23H,9-10,15-16H2,1-8H3,(H2,31,37)(H,32,38)(H2,33,34,41)/t17?,20-,22?,23+/m0/s1. The van der Waals surface area contributed by atoms with Gasteiger partial charge in [-0.05, 0) is 48.3 Å². The van der Waals surface area contributed by atoms with E-state index in [1.54, 1.807) is 72.9 Å². The Bertz CT molecular complexity index is 1200. The summed E-state index contributed by atoms with van der Waals surface area (Å²) in [4.78, 5) is 77.4. The van der Waals surface area contributed by atoms with Gasteiger partial charge in [-0.1, -0.05) is 53.7 Å². The molecule has 5 N–H and O–H groups in total. The maximum Gasteiger partial charge on any atom is 0.329 e. The average Bonchev–Trinajstić information content (AvgIpc) is 3.42. The number of ether oxygens (including phenoxy) is 2. The molecular weight excluding hydrogens is 558 g/mol. The van der Waals surface area contributed by atoms with Crippen molar-refractivity contribution in [3.63, 3.8) is 0 Å². The zero-order valence-corrected chi connectivity index (χ0v) is 26.2. The van der Waals surface area contributed by atoms with Crippen LogP contribution in [0.15, 0.2) is 24.3 Å². The van der Waals surface area contributed by atoms with E-state index in [4.69, 9.17) is 15.2 Å². The predicted octanol–water partition coefficient (Wildman–Crippen LogP) is 1.42. The van der Waals surface area contributed by atoms with E-state index in [0.29, 0.717) is 18.6 Å². The molecule has 1 fully saturated rings. The molecule has 13 nitrogen and oxygen atoms in total. The summed E-state index contributed by atoms with van der Waals surface area (Å²) >= 11 is 0. The second-order valence-electron chi connectivity index (χ2n) is 12.8. The van der Waals surface area contributed by atoms with Crippen molar-refractivity contribution >= 4 is 35.5 Å². The highest BCUT2D eigenvalue weighted by molar-refractivity contribution is 6.37. The van der Waals surface area contributed by atoms with Gasteiger partial charge in [-0.2, -0.15) is 0 Å². The first-order chi connectivity index (χ1) is 19.9. The van der Waals surface area contributed by atoms with E-state index in [1.165, 1.54) is 11.8 Å². The van der Waals surface area contributed by atoms with Crippen LogP contribution in [-0.4, -0.2) is 78.2 Å². The molecule has 2 rings (SSSR count). The number of likely N-dealkylation sites (tertiary alicyclic amines) is 1. The third-order valence-electron chi connectivity index (χ3n) is 7.14. The summed E-state index contributed by atoms with van der Waals surface area (Å²) in [6.07, 6.45) is 0.863. The topological polar surface area (TPSA) is 186 Å². The summed E-state index contributed by atoms with van der Waals surface area (Å²) in [6, 6.07) is 2.10. The molecule has 0 aliphatic carbocycles. The van der Waals surface area contributed by atoms with E-state index in [-0.39, 0.29) is 13.2 Å². The highest BCUT2D eigenvalue weighted by atomic mass is 16.5. The number of ketones is 1. The lowest BCUT2D eigenvalue weighted by molar-refractivity contribution is -0.150. The molecule has 1 aliphatic heterocycles. The van der Waals surface area contributed by atoms with Crippen molar-refractivity contribution in [1.29, 1.82) is 0 Å². The number of carbonyl (C=O) groups is 6. The molecule has 1 aromatic carbocycles. The predicted molar refractivity (Wildman–Crippen MR) is 157 cm³/mol. The first-order valence-corrected chi connectivity index (χ1v) is 14.2. The third-order valence-corrected chi connectivity index (χ3v) is 7.14. The van der Waals surface area contributed by atoms with E-state index in [0.717, 1.165) is 5.56 Å². The van der Waals surface area contributed by atoms with E-state index in [2.05, 4.69) is 16.0 Å². The number of Topliss-reactive ketones (excluding diaryl/α,β-unsaturated/α-hetero) is 1. The largest absolute Gasteiger partial charge is 0.497 e. The zero-order chi connectivity index (χ0) is 32.7. The number of carbonyl (C=O) groups excluding carboxylic acids is 6. The van der Waals surface area contributed by atoms with Crippen LogP contribution in [0.3, 0.4) is 0 Å². The Morgan fingerprint density at radius 3 is 2.00 bits per heavy atom. The quantitative estimate of drug-likeness (QED) is 0.216. The van der Waals surface area contributed by atoms with Crippen molar-refractivity contribution in [2.45, 2.75) is 92.1 Å². The Hall–Kier alpha value is -4.16. The average molecular weight is 604 g/mol. The number of hydrogen-bond donors (Lipinski definition) is 4. The van der Waals surface area contributed by atoms with Crippen molar-refractivity contribution < 1.29 is 38.2 Å². The van der Waals surface area contributed by atoms with E-state index < -0.39 is 70.5 Å². The van der Waals surface area contributed by atoms with Gasteiger partial charge in [0.25, 0.3) is 5.91 Å². The second-order valence-corrected chi connectivity index (χ2v) is 12.8. The summed E-state index contributed by atoms with van der Waals surface area (Å²) < 4.78 is 10.6. The first-order valence-electron chi connectivity index (χ1n) is 14.2. The van der Waals surface area contributed by atoms with Gasteiger partial charge in [0.05, 0.1) is 13.2 Å². The van der Waals surface area contributed by atoms with Crippen LogP contribution in [0.25, 0.3) is 0 Å². The maximum absolute atomic E-state index is 13.8. The summed E-state index contributed by atoms with van der Waals surface area (Å²) in [7, 11) is 1.55. The summed E-state index contributed by atoms with van der Waals surface area (Å²) in [5, 5.41) is 7.82. The molecule has 13 heteroatoms. The second kappa shape index (κ2) is 14.3. The van der Waals surface area contributed by atoms with Gasteiger partial charge >= 0.3 is 12.0 Å². The lowest BCUT2D eigenvalue weighted by Crippen LogP contribution is -2.61. The monoisotopic (exact) mass is 603 g/mol. The van der Waals surface area contributed by atoms with Crippen molar-refractivity contribution in [3.8, 4) is 5.75 Å². The molecule has 1 saturated heterocycles. The fraction of sp³-hybridized carbons (Fsp3) is 0.600. The van der Waals surface area contributed by atoms with Crippen molar-refractivity contribution in [1.82, 2.24) is 20.9 Å². The van der Waals surface area contributed by atoms with Gasteiger partial charge in [-0.15, -0.1) is 0 Å². The molecule has 1 heterocycles. The van der Waals surface area contributed by atoms with Crippen molar-refractivity contribution in [2.75, 3.05) is 13.7 Å². The molecule has 5 amide bonds. The number of urea groups is 1. The van der Waals surface area contributed by atoms with Crippen LogP contribution >= 0.6 is 0 Å². The van der Waals surface area contributed by atoms with Gasteiger partial charge in [-0.25, -0.2) is 9.59 Å². The minimum absolute atomic E-state index is 0.0100. The fourth-order valence-corrected chi connectivity index (χ4v) is 4.60. The first kappa shape index (κ1) is 35.0. The van der Waals surface area contributed by atoms with Gasteiger partial charge in [-0.3, -0.25) is 19.2 Å². The molecule has 0 radical (unpaired) electrons. The minimum atomic E-state index is -1.17. The fourth-order valence-electron chi connectivity index (χ4n) is 4.60. The molecule has 0 saturated carbocycles. The van der Waals surface area contributed by atoms with E-state index in [1.807, 2.05) is 0 Å². The molecule has 1 aromatic rings. The Balaban J connectivity index is 2.14. The van der Waals surface area contributed by atoms with E-state index in [9.17, 15) is 28.8 Å².